The zero-order valence-corrected chi connectivity index (χ0v) is 9.59. The number of pyridine rings is 1. The Morgan fingerprint density at radius 1 is 1.41 bits per heavy atom. The highest BCUT2D eigenvalue weighted by Crippen LogP contribution is 2.33. The van der Waals surface area contributed by atoms with Crippen LogP contribution in [0, 0.1) is 5.82 Å². The minimum atomic E-state index is -0.297. The molecule has 0 radical (unpaired) electrons. The van der Waals surface area contributed by atoms with Crippen LogP contribution in [-0.4, -0.2) is 18.6 Å². The van der Waals surface area contributed by atoms with Crippen molar-refractivity contribution < 1.29 is 9.13 Å². The molecule has 3 nitrogen and oxygen atoms in total. The summed E-state index contributed by atoms with van der Waals surface area (Å²) in [5.41, 5.74) is 2.39. The molecule has 0 bridgehead atoms. The van der Waals surface area contributed by atoms with E-state index >= 15 is 0 Å². The Bertz CT molecular complexity index is 583. The van der Waals surface area contributed by atoms with Gasteiger partial charge in [-0.1, -0.05) is 6.07 Å². The van der Waals surface area contributed by atoms with Crippen molar-refractivity contribution in [3.05, 3.63) is 35.3 Å². The van der Waals surface area contributed by atoms with Crippen molar-refractivity contribution in [3.8, 4) is 5.75 Å². The molecular weight excluding hydrogens is 219 g/mol. The fourth-order valence-electron chi connectivity index (χ4n) is 2.37. The van der Waals surface area contributed by atoms with Gasteiger partial charge >= 0.3 is 0 Å². The lowest BCUT2D eigenvalue weighted by molar-refractivity contribution is 0.410. The van der Waals surface area contributed by atoms with Crippen LogP contribution in [0.15, 0.2) is 18.2 Å². The van der Waals surface area contributed by atoms with Crippen LogP contribution in [-0.2, 0) is 13.0 Å². The summed E-state index contributed by atoms with van der Waals surface area (Å²) in [6.45, 7) is 1.59. The van der Waals surface area contributed by atoms with Gasteiger partial charge in [0.15, 0.2) is 0 Å². The summed E-state index contributed by atoms with van der Waals surface area (Å²) in [7, 11) is 1.63. The standard InChI is InChI=1S/C13H13FN2O/c1-17-13-8-5-6-15-7-11(8)16-12-9(13)3-2-4-10(12)14/h2-4,15H,5-7H2,1H3. The molecule has 1 aromatic carbocycles. The number of methoxy groups -OCH3 is 1. The van der Waals surface area contributed by atoms with E-state index < -0.39 is 0 Å². The van der Waals surface area contributed by atoms with Crippen LogP contribution < -0.4 is 10.1 Å². The lowest BCUT2D eigenvalue weighted by atomic mass is 10.0. The highest BCUT2D eigenvalue weighted by atomic mass is 19.1. The maximum absolute atomic E-state index is 13.7. The summed E-state index contributed by atoms with van der Waals surface area (Å²) in [4.78, 5) is 4.41. The van der Waals surface area contributed by atoms with E-state index in [4.69, 9.17) is 4.74 Å². The van der Waals surface area contributed by atoms with Gasteiger partial charge in [-0.25, -0.2) is 9.37 Å². The van der Waals surface area contributed by atoms with Crippen molar-refractivity contribution in [2.24, 2.45) is 0 Å². The van der Waals surface area contributed by atoms with Crippen LogP contribution in [0.5, 0.6) is 5.75 Å². The van der Waals surface area contributed by atoms with Gasteiger partial charge in [-0.15, -0.1) is 0 Å². The van der Waals surface area contributed by atoms with Gasteiger partial charge in [-0.05, 0) is 25.1 Å². The second-order valence-electron chi connectivity index (χ2n) is 4.13. The van der Waals surface area contributed by atoms with Crippen LogP contribution in [0.2, 0.25) is 0 Å². The Morgan fingerprint density at radius 3 is 3.12 bits per heavy atom. The number of halogens is 1. The van der Waals surface area contributed by atoms with E-state index in [1.807, 2.05) is 6.07 Å². The van der Waals surface area contributed by atoms with E-state index in [1.54, 1.807) is 13.2 Å². The largest absolute Gasteiger partial charge is 0.496 e. The highest BCUT2D eigenvalue weighted by Gasteiger charge is 2.19. The first-order valence-electron chi connectivity index (χ1n) is 5.66. The quantitative estimate of drug-likeness (QED) is 0.816. The SMILES string of the molecule is COc1c2c(nc3c(F)cccc13)CNCC2. The molecule has 1 aliphatic heterocycles. The Labute approximate surface area is 98.6 Å². The second-order valence-corrected chi connectivity index (χ2v) is 4.13. The summed E-state index contributed by atoms with van der Waals surface area (Å²) in [6.07, 6.45) is 0.873. The maximum Gasteiger partial charge on any atom is 0.149 e. The van der Waals surface area contributed by atoms with Crippen LogP contribution in [0.25, 0.3) is 10.9 Å². The Hall–Kier alpha value is -1.68. The third-order valence-corrected chi connectivity index (χ3v) is 3.15. The monoisotopic (exact) mass is 232 g/mol. The molecule has 0 saturated heterocycles. The summed E-state index contributed by atoms with van der Waals surface area (Å²) in [6, 6.07) is 4.97. The third kappa shape index (κ3) is 1.56. The normalized spacial score (nSPS) is 14.7. The Kier molecular flexibility index (Phi) is 2.44. The molecule has 0 aliphatic carbocycles. The molecular formula is C13H13FN2O. The smallest absolute Gasteiger partial charge is 0.149 e. The van der Waals surface area contributed by atoms with Crippen molar-refractivity contribution in [1.82, 2.24) is 10.3 Å². The first-order chi connectivity index (χ1) is 8.31. The van der Waals surface area contributed by atoms with Crippen molar-refractivity contribution in [2.45, 2.75) is 13.0 Å². The minimum Gasteiger partial charge on any atom is -0.496 e. The lowest BCUT2D eigenvalue weighted by Gasteiger charge is -2.20. The van der Waals surface area contributed by atoms with E-state index in [2.05, 4.69) is 10.3 Å². The molecule has 1 N–H and O–H groups in total. The average Bonchev–Trinajstić information content (AvgIpc) is 2.37. The lowest BCUT2D eigenvalue weighted by Crippen LogP contribution is -2.25. The van der Waals surface area contributed by atoms with Crippen molar-refractivity contribution >= 4 is 10.9 Å². The van der Waals surface area contributed by atoms with Gasteiger partial charge < -0.3 is 10.1 Å². The fraction of sp³-hybridized carbons (Fsp3) is 0.308. The summed E-state index contributed by atoms with van der Waals surface area (Å²) in [5, 5.41) is 3.99. The van der Waals surface area contributed by atoms with Crippen molar-refractivity contribution in [1.29, 1.82) is 0 Å². The number of nitrogens with zero attached hydrogens (tertiary/aromatic N) is 1. The minimum absolute atomic E-state index is 0.297. The molecule has 0 atom stereocenters. The highest BCUT2D eigenvalue weighted by molar-refractivity contribution is 5.87. The predicted molar refractivity (Wildman–Crippen MR) is 63.7 cm³/mol. The van der Waals surface area contributed by atoms with Gasteiger partial charge in [-0.2, -0.15) is 0 Å². The molecule has 0 amide bonds. The van der Waals surface area contributed by atoms with Crippen LogP contribution >= 0.6 is 0 Å². The third-order valence-electron chi connectivity index (χ3n) is 3.15. The van der Waals surface area contributed by atoms with Gasteiger partial charge in [0.25, 0.3) is 0 Å². The van der Waals surface area contributed by atoms with E-state index in [9.17, 15) is 4.39 Å². The van der Waals surface area contributed by atoms with Crippen LogP contribution in [0.1, 0.15) is 11.3 Å². The number of aromatic nitrogens is 1. The topological polar surface area (TPSA) is 34.1 Å². The maximum atomic E-state index is 13.7. The molecule has 0 unspecified atom stereocenters. The van der Waals surface area contributed by atoms with Crippen molar-refractivity contribution in [3.63, 3.8) is 0 Å². The summed E-state index contributed by atoms with van der Waals surface area (Å²) >= 11 is 0. The molecule has 0 fully saturated rings. The van der Waals surface area contributed by atoms with Gasteiger partial charge in [0.2, 0.25) is 0 Å². The fourth-order valence-corrected chi connectivity index (χ4v) is 2.37. The van der Waals surface area contributed by atoms with E-state index in [0.717, 1.165) is 35.4 Å². The average molecular weight is 232 g/mol. The van der Waals surface area contributed by atoms with Crippen LogP contribution in [0.4, 0.5) is 4.39 Å². The van der Waals surface area contributed by atoms with Gasteiger partial charge in [0.1, 0.15) is 17.1 Å². The number of hydrogen-bond acceptors (Lipinski definition) is 3. The second kappa shape index (κ2) is 3.96. The zero-order chi connectivity index (χ0) is 11.8. The summed E-state index contributed by atoms with van der Waals surface area (Å²) in [5.74, 6) is 0.472. The molecule has 0 spiro atoms. The molecule has 3 rings (SSSR count). The number of para-hydroxylation sites is 1. The molecule has 4 heteroatoms. The molecule has 88 valence electrons. The zero-order valence-electron chi connectivity index (χ0n) is 9.59. The molecule has 2 aromatic rings. The summed E-state index contributed by atoms with van der Waals surface area (Å²) < 4.78 is 19.2. The number of benzene rings is 1. The molecule has 0 saturated carbocycles. The first-order valence-corrected chi connectivity index (χ1v) is 5.66. The Balaban J connectivity index is 2.39. The van der Waals surface area contributed by atoms with Crippen molar-refractivity contribution in [2.75, 3.05) is 13.7 Å². The van der Waals surface area contributed by atoms with Gasteiger partial charge in [0.05, 0.1) is 12.8 Å². The molecule has 2 heterocycles. The first kappa shape index (κ1) is 10.5. The van der Waals surface area contributed by atoms with Gasteiger partial charge in [-0.3, -0.25) is 0 Å². The van der Waals surface area contributed by atoms with Crippen LogP contribution in [0.3, 0.4) is 0 Å². The molecule has 1 aromatic heterocycles. The van der Waals surface area contributed by atoms with E-state index in [0.29, 0.717) is 12.1 Å². The molecule has 17 heavy (non-hydrogen) atoms. The molecule has 1 aliphatic rings. The van der Waals surface area contributed by atoms with E-state index in [-0.39, 0.29) is 5.82 Å². The number of ether oxygens (including phenoxy) is 1. The number of rotatable bonds is 1. The Morgan fingerprint density at radius 2 is 2.29 bits per heavy atom. The predicted octanol–water partition coefficient (Wildman–Crippen LogP) is 2.03. The number of hydrogen-bond donors (Lipinski definition) is 1. The van der Waals surface area contributed by atoms with E-state index in [1.165, 1.54) is 6.07 Å². The number of fused-ring (bicyclic) bond motifs is 2. The van der Waals surface area contributed by atoms with Gasteiger partial charge in [0, 0.05) is 17.5 Å². The number of nitrogens with one attached hydrogen (secondary N) is 1.